The minimum absolute atomic E-state index is 0.158. The van der Waals surface area contributed by atoms with Crippen LogP contribution in [0, 0.1) is 9.39 Å². The van der Waals surface area contributed by atoms with Crippen LogP contribution in [-0.2, 0) is 6.42 Å². The maximum atomic E-state index is 13.4. The Labute approximate surface area is 120 Å². The highest BCUT2D eigenvalue weighted by Crippen LogP contribution is 2.35. The molecule has 0 radical (unpaired) electrons. The minimum atomic E-state index is -0.158. The molecule has 3 rings (SSSR count). The van der Waals surface area contributed by atoms with Gasteiger partial charge in [0, 0.05) is 12.5 Å². The Morgan fingerprint density at radius 2 is 2.00 bits per heavy atom. The summed E-state index contributed by atoms with van der Waals surface area (Å²) in [5.74, 6) is 0.398. The Kier molecular flexibility index (Phi) is 3.24. The number of benzene rings is 2. The van der Waals surface area contributed by atoms with Crippen LogP contribution in [-0.4, -0.2) is 6.54 Å². The highest BCUT2D eigenvalue weighted by atomic mass is 127. The summed E-state index contributed by atoms with van der Waals surface area (Å²) in [6.07, 6.45) is 1.12. The zero-order chi connectivity index (χ0) is 12.5. The molecule has 92 valence electrons. The van der Waals surface area contributed by atoms with Crippen molar-refractivity contribution in [2.24, 2.45) is 0 Å². The van der Waals surface area contributed by atoms with Gasteiger partial charge in [0.2, 0.25) is 0 Å². The molecule has 0 saturated carbocycles. The fraction of sp³-hybridized carbons (Fsp3) is 0.200. The van der Waals surface area contributed by atoms with Gasteiger partial charge in [0.25, 0.3) is 0 Å². The zero-order valence-electron chi connectivity index (χ0n) is 9.79. The number of hydrogen-bond donors (Lipinski definition) is 1. The quantitative estimate of drug-likeness (QED) is 0.817. The summed E-state index contributed by atoms with van der Waals surface area (Å²) in [6, 6.07) is 13.7. The van der Waals surface area contributed by atoms with Gasteiger partial charge in [-0.15, -0.1) is 0 Å². The summed E-state index contributed by atoms with van der Waals surface area (Å²) in [4.78, 5) is 0. The molecular formula is C15H13FIN. The molecule has 1 aliphatic carbocycles. The van der Waals surface area contributed by atoms with Crippen LogP contribution in [0.2, 0.25) is 0 Å². The molecule has 2 aromatic carbocycles. The number of fused-ring (bicyclic) bond motifs is 1. The normalized spacial score (nSPS) is 16.9. The van der Waals surface area contributed by atoms with Crippen molar-refractivity contribution in [3.8, 4) is 0 Å². The summed E-state index contributed by atoms with van der Waals surface area (Å²) in [5.41, 5.74) is 3.76. The molecule has 0 aliphatic heterocycles. The van der Waals surface area contributed by atoms with Gasteiger partial charge < -0.3 is 5.32 Å². The van der Waals surface area contributed by atoms with Crippen molar-refractivity contribution >= 4 is 28.3 Å². The Bertz CT molecular complexity index is 582. The first-order chi connectivity index (χ1) is 8.75. The van der Waals surface area contributed by atoms with Crippen molar-refractivity contribution in [1.29, 1.82) is 0 Å². The van der Waals surface area contributed by atoms with Gasteiger partial charge in [-0.05, 0) is 52.3 Å². The van der Waals surface area contributed by atoms with E-state index in [0.29, 0.717) is 9.49 Å². The third-order valence-corrected chi connectivity index (χ3v) is 4.55. The molecule has 1 unspecified atom stereocenters. The van der Waals surface area contributed by atoms with Crippen LogP contribution >= 0.6 is 22.6 Å². The predicted octanol–water partition coefficient (Wildman–Crippen LogP) is 4.18. The SMILES string of the molecule is Fc1cccc(NCC2Cc3ccccc32)c1I. The highest BCUT2D eigenvalue weighted by molar-refractivity contribution is 14.1. The first-order valence-corrected chi connectivity index (χ1v) is 7.09. The number of rotatable bonds is 3. The van der Waals surface area contributed by atoms with E-state index in [0.717, 1.165) is 18.7 Å². The molecule has 2 aromatic rings. The Morgan fingerprint density at radius 1 is 1.17 bits per heavy atom. The average molecular weight is 353 g/mol. The van der Waals surface area contributed by atoms with Gasteiger partial charge >= 0.3 is 0 Å². The summed E-state index contributed by atoms with van der Waals surface area (Å²) in [5, 5.41) is 3.35. The van der Waals surface area contributed by atoms with Crippen molar-refractivity contribution in [1.82, 2.24) is 0 Å². The van der Waals surface area contributed by atoms with E-state index in [1.807, 2.05) is 28.7 Å². The molecular weight excluding hydrogens is 340 g/mol. The molecule has 1 nitrogen and oxygen atoms in total. The van der Waals surface area contributed by atoms with E-state index < -0.39 is 0 Å². The van der Waals surface area contributed by atoms with Gasteiger partial charge in [0.1, 0.15) is 5.82 Å². The van der Waals surface area contributed by atoms with Crippen LogP contribution in [0.5, 0.6) is 0 Å². The summed E-state index contributed by atoms with van der Waals surface area (Å²) in [6.45, 7) is 0.871. The molecule has 1 aliphatic rings. The van der Waals surface area contributed by atoms with E-state index in [2.05, 4.69) is 29.6 Å². The topological polar surface area (TPSA) is 12.0 Å². The van der Waals surface area contributed by atoms with E-state index >= 15 is 0 Å². The van der Waals surface area contributed by atoms with Crippen molar-refractivity contribution in [2.45, 2.75) is 12.3 Å². The second-order valence-corrected chi connectivity index (χ2v) is 5.66. The Balaban J connectivity index is 1.69. The highest BCUT2D eigenvalue weighted by Gasteiger charge is 2.25. The lowest BCUT2D eigenvalue weighted by Gasteiger charge is -2.30. The first kappa shape index (κ1) is 12.0. The van der Waals surface area contributed by atoms with Crippen LogP contribution in [0.1, 0.15) is 17.0 Å². The number of anilines is 1. The smallest absolute Gasteiger partial charge is 0.138 e. The minimum Gasteiger partial charge on any atom is -0.383 e. The lowest BCUT2D eigenvalue weighted by Crippen LogP contribution is -2.24. The summed E-state index contributed by atoms with van der Waals surface area (Å²) in [7, 11) is 0. The molecule has 1 N–H and O–H groups in total. The van der Waals surface area contributed by atoms with Crippen molar-refractivity contribution in [3.05, 3.63) is 63.0 Å². The van der Waals surface area contributed by atoms with Crippen LogP contribution in [0.15, 0.2) is 42.5 Å². The maximum Gasteiger partial charge on any atom is 0.138 e. The molecule has 0 spiro atoms. The molecule has 18 heavy (non-hydrogen) atoms. The van der Waals surface area contributed by atoms with E-state index in [1.165, 1.54) is 17.2 Å². The van der Waals surface area contributed by atoms with Gasteiger partial charge in [-0.25, -0.2) is 4.39 Å². The van der Waals surface area contributed by atoms with Crippen LogP contribution in [0.4, 0.5) is 10.1 Å². The monoisotopic (exact) mass is 353 g/mol. The molecule has 0 aromatic heterocycles. The molecule has 0 fully saturated rings. The van der Waals surface area contributed by atoms with Crippen molar-refractivity contribution in [2.75, 3.05) is 11.9 Å². The number of nitrogens with one attached hydrogen (secondary N) is 1. The van der Waals surface area contributed by atoms with Gasteiger partial charge in [0.15, 0.2) is 0 Å². The van der Waals surface area contributed by atoms with Crippen LogP contribution in [0.3, 0.4) is 0 Å². The number of halogens is 2. The second-order valence-electron chi connectivity index (χ2n) is 4.58. The fourth-order valence-electron chi connectivity index (χ4n) is 2.42. The lowest BCUT2D eigenvalue weighted by atomic mass is 9.77. The maximum absolute atomic E-state index is 13.4. The molecule has 0 saturated heterocycles. The summed E-state index contributed by atoms with van der Waals surface area (Å²) >= 11 is 2.04. The van der Waals surface area contributed by atoms with E-state index in [4.69, 9.17) is 0 Å². The molecule has 1 atom stereocenters. The van der Waals surface area contributed by atoms with E-state index in [9.17, 15) is 4.39 Å². The van der Waals surface area contributed by atoms with E-state index in [-0.39, 0.29) is 5.82 Å². The third-order valence-electron chi connectivity index (χ3n) is 3.45. The van der Waals surface area contributed by atoms with Crippen molar-refractivity contribution in [3.63, 3.8) is 0 Å². The number of hydrogen-bond acceptors (Lipinski definition) is 1. The third kappa shape index (κ3) is 2.11. The zero-order valence-corrected chi connectivity index (χ0v) is 11.9. The van der Waals surface area contributed by atoms with Gasteiger partial charge in [0.05, 0.1) is 9.26 Å². The Morgan fingerprint density at radius 3 is 2.83 bits per heavy atom. The molecule has 0 heterocycles. The van der Waals surface area contributed by atoms with Gasteiger partial charge in [-0.3, -0.25) is 0 Å². The van der Waals surface area contributed by atoms with Gasteiger partial charge in [-0.1, -0.05) is 30.3 Å². The molecule has 0 amide bonds. The molecule has 3 heteroatoms. The fourth-order valence-corrected chi connectivity index (χ4v) is 2.97. The summed E-state index contributed by atoms with van der Waals surface area (Å²) < 4.78 is 14.1. The van der Waals surface area contributed by atoms with Gasteiger partial charge in [-0.2, -0.15) is 0 Å². The van der Waals surface area contributed by atoms with Crippen LogP contribution in [0.25, 0.3) is 0 Å². The lowest BCUT2D eigenvalue weighted by molar-refractivity contribution is 0.617. The molecule has 0 bridgehead atoms. The first-order valence-electron chi connectivity index (χ1n) is 6.01. The predicted molar refractivity (Wildman–Crippen MR) is 80.5 cm³/mol. The Hall–Kier alpha value is -1.10. The van der Waals surface area contributed by atoms with E-state index in [1.54, 1.807) is 6.07 Å². The average Bonchev–Trinajstić information content (AvgIpc) is 2.35. The second kappa shape index (κ2) is 4.88. The standard InChI is InChI=1S/C15H13FIN/c16-13-6-3-7-14(15(13)17)18-9-11-8-10-4-1-2-5-12(10)11/h1-7,11,18H,8-9H2. The largest absolute Gasteiger partial charge is 0.383 e. The van der Waals surface area contributed by atoms with Crippen molar-refractivity contribution < 1.29 is 4.39 Å². The van der Waals surface area contributed by atoms with Crippen LogP contribution < -0.4 is 5.32 Å².